The molecule has 2 aromatic carbocycles. The minimum Gasteiger partial charge on any atom is -0.454 e. The summed E-state index contributed by atoms with van der Waals surface area (Å²) in [6, 6.07) is 16.6. The number of halogens is 1. The summed E-state index contributed by atoms with van der Waals surface area (Å²) in [6.07, 6.45) is 1.51. The van der Waals surface area contributed by atoms with Gasteiger partial charge in [-0.05, 0) is 42.9 Å². The number of nitrogens with one attached hydrogen (secondary N) is 1. The topological polar surface area (TPSA) is 55.4 Å². The van der Waals surface area contributed by atoms with Crippen LogP contribution in [0.15, 0.2) is 54.6 Å². The second kappa shape index (κ2) is 8.68. The average molecular weight is 386 g/mol. The largest absolute Gasteiger partial charge is 0.454 e. The molecule has 1 aliphatic rings. The Balaban J connectivity index is 1.69. The Hall–Kier alpha value is -2.17. The van der Waals surface area contributed by atoms with Crippen LogP contribution < -0.4 is 5.32 Å². The van der Waals surface area contributed by atoms with Crippen LogP contribution in [0.2, 0.25) is 5.02 Å². The molecule has 4 nitrogen and oxygen atoms in total. The molecule has 0 spiro atoms. The highest BCUT2D eigenvalue weighted by atomic mass is 35.5. The van der Waals surface area contributed by atoms with E-state index in [1.165, 1.54) is 0 Å². The van der Waals surface area contributed by atoms with E-state index in [1.807, 2.05) is 30.3 Å². The number of hydrogen-bond donors (Lipinski definition) is 1. The van der Waals surface area contributed by atoms with Crippen molar-refractivity contribution in [2.75, 3.05) is 13.1 Å². The lowest BCUT2D eigenvalue weighted by molar-refractivity contribution is -0.165. The van der Waals surface area contributed by atoms with Gasteiger partial charge in [0.2, 0.25) is 0 Å². The van der Waals surface area contributed by atoms with Crippen LogP contribution in [0.4, 0.5) is 0 Å². The van der Waals surface area contributed by atoms with Gasteiger partial charge in [-0.25, -0.2) is 0 Å². The zero-order valence-electron chi connectivity index (χ0n) is 15.4. The third kappa shape index (κ3) is 4.76. The Labute approximate surface area is 164 Å². The number of ketones is 1. The summed E-state index contributed by atoms with van der Waals surface area (Å²) in [5, 5.41) is 3.89. The zero-order chi connectivity index (χ0) is 19.3. The number of ether oxygens (including phenoxy) is 1. The summed E-state index contributed by atoms with van der Waals surface area (Å²) < 4.78 is 5.99. The lowest BCUT2D eigenvalue weighted by Gasteiger charge is -2.37. The molecular weight excluding hydrogens is 362 g/mol. The van der Waals surface area contributed by atoms with Crippen LogP contribution in [0, 0.1) is 5.92 Å². The molecule has 0 radical (unpaired) electrons. The highest BCUT2D eigenvalue weighted by Crippen LogP contribution is 2.35. The van der Waals surface area contributed by atoms with Crippen molar-refractivity contribution >= 4 is 23.4 Å². The molecule has 3 rings (SSSR count). The Morgan fingerprint density at radius 1 is 1.07 bits per heavy atom. The van der Waals surface area contributed by atoms with Gasteiger partial charge >= 0.3 is 5.97 Å². The van der Waals surface area contributed by atoms with Gasteiger partial charge in [0.05, 0.1) is 6.42 Å². The maximum absolute atomic E-state index is 12.7. The van der Waals surface area contributed by atoms with E-state index in [9.17, 15) is 9.59 Å². The minimum atomic E-state index is -0.618. The van der Waals surface area contributed by atoms with Crippen molar-refractivity contribution in [2.45, 2.75) is 31.8 Å². The first kappa shape index (κ1) is 19.6. The molecule has 2 aromatic rings. The van der Waals surface area contributed by atoms with Gasteiger partial charge in [-0.15, -0.1) is 0 Å². The minimum absolute atomic E-state index is 0.0590. The molecule has 0 bridgehead atoms. The number of hydrogen-bond acceptors (Lipinski definition) is 4. The maximum atomic E-state index is 12.7. The van der Waals surface area contributed by atoms with Crippen LogP contribution in [-0.2, 0) is 15.1 Å². The molecule has 1 fully saturated rings. The van der Waals surface area contributed by atoms with Gasteiger partial charge in [-0.1, -0.05) is 48.9 Å². The van der Waals surface area contributed by atoms with E-state index in [-0.39, 0.29) is 18.2 Å². The third-order valence-electron chi connectivity index (χ3n) is 5.07. The van der Waals surface area contributed by atoms with Crippen molar-refractivity contribution in [1.82, 2.24) is 5.32 Å². The Morgan fingerprint density at radius 3 is 2.33 bits per heavy atom. The lowest BCUT2D eigenvalue weighted by atomic mass is 9.84. The molecule has 1 saturated heterocycles. The fraction of sp³-hybridized carbons (Fsp3) is 0.364. The van der Waals surface area contributed by atoms with Crippen molar-refractivity contribution < 1.29 is 14.3 Å². The zero-order valence-corrected chi connectivity index (χ0v) is 16.2. The van der Waals surface area contributed by atoms with Gasteiger partial charge in [0.15, 0.2) is 5.78 Å². The van der Waals surface area contributed by atoms with Gasteiger partial charge in [-0.3, -0.25) is 9.59 Å². The number of rotatable bonds is 6. The van der Waals surface area contributed by atoms with Gasteiger partial charge in [0.1, 0.15) is 5.60 Å². The van der Waals surface area contributed by atoms with Crippen molar-refractivity contribution in [3.05, 3.63) is 70.7 Å². The van der Waals surface area contributed by atoms with Crippen LogP contribution in [0.1, 0.15) is 42.1 Å². The van der Waals surface area contributed by atoms with Crippen molar-refractivity contribution in [2.24, 2.45) is 5.92 Å². The predicted octanol–water partition coefficient (Wildman–Crippen LogP) is 4.37. The van der Waals surface area contributed by atoms with E-state index in [0.717, 1.165) is 31.5 Å². The quantitative estimate of drug-likeness (QED) is 0.592. The van der Waals surface area contributed by atoms with Crippen LogP contribution in [0.25, 0.3) is 0 Å². The number of benzene rings is 2. The Bertz CT molecular complexity index is 783. The number of carbonyl (C=O) groups is 2. The van der Waals surface area contributed by atoms with Crippen molar-refractivity contribution in [3.63, 3.8) is 0 Å². The first-order valence-electron chi connectivity index (χ1n) is 9.28. The second-order valence-corrected chi connectivity index (χ2v) is 7.50. The summed E-state index contributed by atoms with van der Waals surface area (Å²) in [5.41, 5.74) is 0.947. The summed E-state index contributed by atoms with van der Waals surface area (Å²) in [4.78, 5) is 25.2. The summed E-state index contributed by atoms with van der Waals surface area (Å²) in [6.45, 7) is 3.35. The van der Waals surface area contributed by atoms with E-state index in [1.54, 1.807) is 31.2 Å². The van der Waals surface area contributed by atoms with E-state index >= 15 is 0 Å². The molecule has 0 aliphatic carbocycles. The highest BCUT2D eigenvalue weighted by molar-refractivity contribution is 6.30. The lowest BCUT2D eigenvalue weighted by Crippen LogP contribution is -2.43. The van der Waals surface area contributed by atoms with Gasteiger partial charge in [-0.2, -0.15) is 0 Å². The van der Waals surface area contributed by atoms with E-state index < -0.39 is 11.5 Å². The Kier molecular flexibility index (Phi) is 6.30. The van der Waals surface area contributed by atoms with E-state index in [4.69, 9.17) is 16.3 Å². The second-order valence-electron chi connectivity index (χ2n) is 7.06. The molecular formula is C22H24ClNO3. The predicted molar refractivity (Wildman–Crippen MR) is 106 cm³/mol. The monoisotopic (exact) mass is 385 g/mol. The molecule has 27 heavy (non-hydrogen) atoms. The molecule has 1 unspecified atom stereocenters. The van der Waals surface area contributed by atoms with E-state index in [2.05, 4.69) is 5.32 Å². The molecule has 1 N–H and O–H groups in total. The smallest absolute Gasteiger partial charge is 0.307 e. The van der Waals surface area contributed by atoms with Gasteiger partial charge in [0, 0.05) is 29.3 Å². The number of Topliss-reactive ketones (excluding diaryl/α,β-unsaturated/α-hetero) is 1. The van der Waals surface area contributed by atoms with Gasteiger partial charge in [0.25, 0.3) is 0 Å². The first-order chi connectivity index (χ1) is 13.0. The first-order valence-corrected chi connectivity index (χ1v) is 9.66. The SMILES string of the molecule is CC(CC(=O)OC1(c2ccccc2)CCNCC1)C(=O)c1ccc(Cl)cc1. The van der Waals surface area contributed by atoms with Crippen molar-refractivity contribution in [1.29, 1.82) is 0 Å². The molecule has 0 aromatic heterocycles. The van der Waals surface area contributed by atoms with Gasteiger partial charge < -0.3 is 10.1 Å². The molecule has 0 amide bonds. The standard InChI is InChI=1S/C22H24ClNO3/c1-16(21(26)17-7-9-19(23)10-8-17)15-20(25)27-22(11-13-24-14-12-22)18-5-3-2-4-6-18/h2-10,16,24H,11-15H2,1H3. The normalized spacial score (nSPS) is 17.1. The van der Waals surface area contributed by atoms with Crippen LogP contribution in [-0.4, -0.2) is 24.8 Å². The number of esters is 1. The summed E-state index contributed by atoms with van der Waals surface area (Å²) >= 11 is 5.87. The molecule has 0 saturated carbocycles. The van der Waals surface area contributed by atoms with Crippen LogP contribution in [0.3, 0.4) is 0 Å². The Morgan fingerprint density at radius 2 is 1.70 bits per heavy atom. The number of carbonyl (C=O) groups excluding carboxylic acids is 2. The molecule has 142 valence electrons. The molecule has 1 aliphatic heterocycles. The van der Waals surface area contributed by atoms with Crippen molar-refractivity contribution in [3.8, 4) is 0 Å². The summed E-state index contributed by atoms with van der Waals surface area (Å²) in [7, 11) is 0. The molecule has 1 heterocycles. The number of piperidine rings is 1. The summed E-state index contributed by atoms with van der Waals surface area (Å²) in [5.74, 6) is -0.869. The maximum Gasteiger partial charge on any atom is 0.307 e. The molecule has 5 heteroatoms. The fourth-order valence-corrected chi connectivity index (χ4v) is 3.65. The van der Waals surface area contributed by atoms with E-state index in [0.29, 0.717) is 10.6 Å². The average Bonchev–Trinajstić information content (AvgIpc) is 2.69. The van der Waals surface area contributed by atoms with Crippen LogP contribution >= 0.6 is 11.6 Å². The molecule has 1 atom stereocenters. The third-order valence-corrected chi connectivity index (χ3v) is 5.32. The fourth-order valence-electron chi connectivity index (χ4n) is 3.52. The highest BCUT2D eigenvalue weighted by Gasteiger charge is 2.38. The van der Waals surface area contributed by atoms with Crippen LogP contribution in [0.5, 0.6) is 0 Å².